The van der Waals surface area contributed by atoms with Gasteiger partial charge in [-0.15, -0.1) is 0 Å². The van der Waals surface area contributed by atoms with Crippen LogP contribution in [0.1, 0.15) is 23.9 Å². The van der Waals surface area contributed by atoms with Crippen molar-refractivity contribution in [1.29, 1.82) is 0 Å². The molecular formula is C25H20Br2FN3O3. The van der Waals surface area contributed by atoms with E-state index in [9.17, 15) is 9.18 Å². The van der Waals surface area contributed by atoms with Crippen LogP contribution in [0.3, 0.4) is 0 Å². The number of hydrogen-bond acceptors (Lipinski definition) is 5. The van der Waals surface area contributed by atoms with Crippen molar-refractivity contribution in [3.05, 3.63) is 96.7 Å². The molecule has 0 saturated carbocycles. The van der Waals surface area contributed by atoms with Crippen molar-refractivity contribution in [3.8, 4) is 11.5 Å². The van der Waals surface area contributed by atoms with Crippen LogP contribution in [-0.4, -0.2) is 23.0 Å². The molecule has 3 aromatic carbocycles. The lowest BCUT2D eigenvalue weighted by Crippen LogP contribution is -2.22. The molecule has 0 spiro atoms. The first kappa shape index (κ1) is 24.1. The van der Waals surface area contributed by atoms with Gasteiger partial charge in [-0.05, 0) is 69.5 Å². The van der Waals surface area contributed by atoms with Crippen molar-refractivity contribution in [2.24, 2.45) is 5.10 Å². The van der Waals surface area contributed by atoms with E-state index in [0.717, 1.165) is 10.0 Å². The minimum absolute atomic E-state index is 0.246. The van der Waals surface area contributed by atoms with Crippen molar-refractivity contribution in [2.45, 2.75) is 20.0 Å². The molecule has 0 bridgehead atoms. The fourth-order valence-corrected chi connectivity index (χ4v) is 4.29. The van der Waals surface area contributed by atoms with Crippen molar-refractivity contribution in [2.75, 3.05) is 7.11 Å². The van der Waals surface area contributed by atoms with Crippen molar-refractivity contribution >= 4 is 49.0 Å². The number of rotatable bonds is 7. The van der Waals surface area contributed by atoms with Crippen molar-refractivity contribution < 1.29 is 13.9 Å². The van der Waals surface area contributed by atoms with E-state index < -0.39 is 0 Å². The molecule has 0 amide bonds. The maximum Gasteiger partial charge on any atom is 0.282 e. The summed E-state index contributed by atoms with van der Waals surface area (Å²) in [6.07, 6.45) is 2.12. The van der Waals surface area contributed by atoms with Gasteiger partial charge < -0.3 is 9.47 Å². The average Bonchev–Trinajstić information content (AvgIpc) is 2.83. The van der Waals surface area contributed by atoms with Crippen molar-refractivity contribution in [1.82, 2.24) is 9.66 Å². The van der Waals surface area contributed by atoms with E-state index in [-0.39, 0.29) is 18.0 Å². The van der Waals surface area contributed by atoms with Gasteiger partial charge in [0.05, 0.1) is 28.7 Å². The van der Waals surface area contributed by atoms with Crippen LogP contribution in [0.2, 0.25) is 0 Å². The van der Waals surface area contributed by atoms with Crippen LogP contribution in [0.5, 0.6) is 11.5 Å². The molecule has 0 N–H and O–H groups in total. The second-order valence-corrected chi connectivity index (χ2v) is 9.12. The molecule has 4 rings (SSSR count). The summed E-state index contributed by atoms with van der Waals surface area (Å²) in [5, 5.41) is 4.90. The first-order valence-corrected chi connectivity index (χ1v) is 12.0. The molecule has 1 aromatic heterocycles. The monoisotopic (exact) mass is 587 g/mol. The second kappa shape index (κ2) is 10.5. The summed E-state index contributed by atoms with van der Waals surface area (Å²) in [5.41, 5.74) is 1.90. The molecule has 1 heterocycles. The number of fused-ring (bicyclic) bond motifs is 1. The third kappa shape index (κ3) is 5.20. The van der Waals surface area contributed by atoms with Gasteiger partial charge in [0.1, 0.15) is 18.2 Å². The van der Waals surface area contributed by atoms with Gasteiger partial charge in [0.2, 0.25) is 0 Å². The summed E-state index contributed by atoms with van der Waals surface area (Å²) in [7, 11) is 1.54. The normalized spacial score (nSPS) is 11.3. The number of nitrogens with zero attached hydrogens (tertiary/aromatic N) is 3. The van der Waals surface area contributed by atoms with Crippen LogP contribution in [0.25, 0.3) is 10.9 Å². The Labute approximate surface area is 212 Å². The highest BCUT2D eigenvalue weighted by Gasteiger charge is 2.13. The van der Waals surface area contributed by atoms with Crippen LogP contribution in [0, 0.1) is 5.82 Å². The van der Waals surface area contributed by atoms with Gasteiger partial charge in [0.15, 0.2) is 11.5 Å². The Morgan fingerprint density at radius 1 is 1.12 bits per heavy atom. The number of aryl methyl sites for hydroxylation is 1. The van der Waals surface area contributed by atoms with Gasteiger partial charge in [-0.1, -0.05) is 35.0 Å². The zero-order valence-electron chi connectivity index (χ0n) is 18.4. The Kier molecular flexibility index (Phi) is 7.43. The van der Waals surface area contributed by atoms with Gasteiger partial charge in [0.25, 0.3) is 5.56 Å². The number of ether oxygens (including phenoxy) is 2. The Morgan fingerprint density at radius 2 is 1.88 bits per heavy atom. The van der Waals surface area contributed by atoms with Crippen LogP contribution in [0.4, 0.5) is 4.39 Å². The van der Waals surface area contributed by atoms with Crippen molar-refractivity contribution in [3.63, 3.8) is 0 Å². The number of methoxy groups -OCH3 is 1. The molecule has 6 nitrogen and oxygen atoms in total. The first-order valence-electron chi connectivity index (χ1n) is 10.4. The van der Waals surface area contributed by atoms with E-state index in [1.807, 2.05) is 19.1 Å². The lowest BCUT2D eigenvalue weighted by atomic mass is 10.2. The molecule has 0 radical (unpaired) electrons. The van der Waals surface area contributed by atoms with Crippen LogP contribution >= 0.6 is 31.9 Å². The van der Waals surface area contributed by atoms with E-state index in [1.54, 1.807) is 36.5 Å². The molecule has 9 heteroatoms. The summed E-state index contributed by atoms with van der Waals surface area (Å²) in [6, 6.07) is 15.1. The molecule has 0 unspecified atom stereocenters. The third-order valence-electron chi connectivity index (χ3n) is 5.06. The Hall–Kier alpha value is -3.04. The van der Waals surface area contributed by atoms with E-state index >= 15 is 0 Å². The molecule has 0 saturated heterocycles. The summed E-state index contributed by atoms with van der Waals surface area (Å²) in [6.45, 7) is 2.17. The molecule has 0 fully saturated rings. The fourth-order valence-electron chi connectivity index (χ4n) is 3.36. The lowest BCUT2D eigenvalue weighted by molar-refractivity contribution is 0.282. The molecule has 0 atom stereocenters. The standard InChI is InChI=1S/C25H20Br2FN3O3/c1-3-23-30-21-9-6-17(26)12-19(21)25(32)31(23)29-13-16-10-20(27)24(22(11-16)33-2)34-14-15-4-7-18(28)8-5-15/h4-13H,3,14H2,1-2H3. The van der Waals surface area contributed by atoms with Gasteiger partial charge in [-0.3, -0.25) is 4.79 Å². The van der Waals surface area contributed by atoms with Gasteiger partial charge in [0, 0.05) is 10.9 Å². The van der Waals surface area contributed by atoms with E-state index in [1.165, 1.54) is 23.9 Å². The second-order valence-electron chi connectivity index (χ2n) is 7.35. The molecule has 0 aliphatic carbocycles. The molecule has 0 aliphatic heterocycles. The van der Waals surface area contributed by atoms with Crippen LogP contribution in [-0.2, 0) is 13.0 Å². The smallest absolute Gasteiger partial charge is 0.282 e. The van der Waals surface area contributed by atoms with Crippen LogP contribution < -0.4 is 15.0 Å². The molecule has 0 aliphatic rings. The third-order valence-corrected chi connectivity index (χ3v) is 6.14. The zero-order valence-corrected chi connectivity index (χ0v) is 21.6. The minimum Gasteiger partial charge on any atom is -0.493 e. The average molecular weight is 589 g/mol. The predicted octanol–water partition coefficient (Wildman–Crippen LogP) is 6.09. The summed E-state index contributed by atoms with van der Waals surface area (Å²) in [4.78, 5) is 17.7. The lowest BCUT2D eigenvalue weighted by Gasteiger charge is -2.14. The Bertz CT molecular complexity index is 1440. The number of aromatic nitrogens is 2. The van der Waals surface area contributed by atoms with Gasteiger partial charge in [-0.2, -0.15) is 9.78 Å². The predicted molar refractivity (Wildman–Crippen MR) is 137 cm³/mol. The summed E-state index contributed by atoms with van der Waals surface area (Å²) < 4.78 is 27.3. The summed E-state index contributed by atoms with van der Waals surface area (Å²) >= 11 is 6.92. The van der Waals surface area contributed by atoms with E-state index in [0.29, 0.717) is 44.7 Å². The number of halogens is 3. The quantitative estimate of drug-likeness (QED) is 0.245. The number of benzene rings is 3. The maximum absolute atomic E-state index is 13.1. The Morgan fingerprint density at radius 3 is 2.59 bits per heavy atom. The van der Waals surface area contributed by atoms with Gasteiger partial charge in [-0.25, -0.2) is 9.37 Å². The molecule has 174 valence electrons. The topological polar surface area (TPSA) is 65.7 Å². The highest BCUT2D eigenvalue weighted by Crippen LogP contribution is 2.37. The molecular weight excluding hydrogens is 569 g/mol. The molecule has 4 aromatic rings. The largest absolute Gasteiger partial charge is 0.493 e. The first-order chi connectivity index (χ1) is 16.4. The molecule has 34 heavy (non-hydrogen) atoms. The highest BCUT2D eigenvalue weighted by atomic mass is 79.9. The Balaban J connectivity index is 1.65. The minimum atomic E-state index is -0.300. The maximum atomic E-state index is 13.1. The van der Waals surface area contributed by atoms with Gasteiger partial charge >= 0.3 is 0 Å². The summed E-state index contributed by atoms with van der Waals surface area (Å²) in [5.74, 6) is 1.25. The highest BCUT2D eigenvalue weighted by molar-refractivity contribution is 9.10. The number of hydrogen-bond donors (Lipinski definition) is 0. The fraction of sp³-hybridized carbons (Fsp3) is 0.160. The zero-order chi connectivity index (χ0) is 24.2. The van der Waals surface area contributed by atoms with Crippen LogP contribution in [0.15, 0.2) is 73.4 Å². The SMILES string of the molecule is CCc1nc2ccc(Br)cc2c(=O)n1N=Cc1cc(Br)c(OCc2ccc(F)cc2)c(OC)c1. The van der Waals surface area contributed by atoms with E-state index in [4.69, 9.17) is 9.47 Å². The van der Waals surface area contributed by atoms with E-state index in [2.05, 4.69) is 41.9 Å².